The number of oxazole rings is 1. The molecule has 134 valence electrons. The summed E-state index contributed by atoms with van der Waals surface area (Å²) in [5.74, 6) is 0.325. The van der Waals surface area contributed by atoms with Crippen LogP contribution < -0.4 is 0 Å². The SMILES string of the molecule is CN(CC1(O)CCCC1)C(=O)CCc1ncc(-c2ccccc2F)o1. The maximum absolute atomic E-state index is 13.8. The minimum absolute atomic E-state index is 0.0639. The molecule has 0 spiro atoms. The maximum atomic E-state index is 13.8. The Balaban J connectivity index is 1.55. The summed E-state index contributed by atoms with van der Waals surface area (Å²) in [6.07, 6.45) is 5.57. The van der Waals surface area contributed by atoms with E-state index in [4.69, 9.17) is 4.42 Å². The molecule has 1 aliphatic carbocycles. The van der Waals surface area contributed by atoms with E-state index in [1.54, 1.807) is 30.1 Å². The topological polar surface area (TPSA) is 66.6 Å². The van der Waals surface area contributed by atoms with Crippen LogP contribution in [-0.2, 0) is 11.2 Å². The Morgan fingerprint density at radius 2 is 2.08 bits per heavy atom. The van der Waals surface area contributed by atoms with Crippen LogP contribution in [0.4, 0.5) is 4.39 Å². The predicted octanol–water partition coefficient (Wildman–Crippen LogP) is 3.18. The van der Waals surface area contributed by atoms with Gasteiger partial charge < -0.3 is 14.4 Å². The van der Waals surface area contributed by atoms with Gasteiger partial charge in [0.05, 0.1) is 17.4 Å². The third-order valence-corrected chi connectivity index (χ3v) is 4.74. The van der Waals surface area contributed by atoms with Crippen molar-refractivity contribution in [2.24, 2.45) is 0 Å². The van der Waals surface area contributed by atoms with E-state index in [-0.39, 0.29) is 18.1 Å². The van der Waals surface area contributed by atoms with Gasteiger partial charge in [-0.15, -0.1) is 0 Å². The van der Waals surface area contributed by atoms with E-state index in [1.807, 2.05) is 0 Å². The molecule has 1 amide bonds. The fourth-order valence-electron chi connectivity index (χ4n) is 3.34. The Morgan fingerprint density at radius 1 is 1.36 bits per heavy atom. The van der Waals surface area contributed by atoms with Gasteiger partial charge in [-0.25, -0.2) is 9.37 Å². The highest BCUT2D eigenvalue weighted by molar-refractivity contribution is 5.76. The van der Waals surface area contributed by atoms with Gasteiger partial charge in [-0.2, -0.15) is 0 Å². The van der Waals surface area contributed by atoms with Gasteiger partial charge in [0, 0.05) is 26.4 Å². The molecule has 6 heteroatoms. The van der Waals surface area contributed by atoms with E-state index in [2.05, 4.69) is 4.98 Å². The second kappa shape index (κ2) is 7.35. The van der Waals surface area contributed by atoms with Gasteiger partial charge >= 0.3 is 0 Å². The number of benzene rings is 1. The third-order valence-electron chi connectivity index (χ3n) is 4.74. The zero-order valence-electron chi connectivity index (χ0n) is 14.4. The number of hydrogen-bond donors (Lipinski definition) is 1. The van der Waals surface area contributed by atoms with E-state index in [0.29, 0.717) is 30.2 Å². The lowest BCUT2D eigenvalue weighted by molar-refractivity contribution is -0.133. The average Bonchev–Trinajstić information content (AvgIpc) is 3.22. The molecule has 25 heavy (non-hydrogen) atoms. The smallest absolute Gasteiger partial charge is 0.222 e. The normalized spacial score (nSPS) is 16.1. The molecule has 5 nitrogen and oxygen atoms in total. The van der Waals surface area contributed by atoms with Crippen LogP contribution in [0.5, 0.6) is 0 Å². The van der Waals surface area contributed by atoms with E-state index in [9.17, 15) is 14.3 Å². The van der Waals surface area contributed by atoms with Gasteiger partial charge in [-0.05, 0) is 25.0 Å². The molecule has 1 fully saturated rings. The van der Waals surface area contributed by atoms with Crippen LogP contribution in [0.25, 0.3) is 11.3 Å². The van der Waals surface area contributed by atoms with Crippen LogP contribution >= 0.6 is 0 Å². The molecule has 0 saturated heterocycles. The Morgan fingerprint density at radius 3 is 2.80 bits per heavy atom. The zero-order valence-corrected chi connectivity index (χ0v) is 14.4. The predicted molar refractivity (Wildman–Crippen MR) is 91.3 cm³/mol. The summed E-state index contributed by atoms with van der Waals surface area (Å²) in [5, 5.41) is 10.4. The molecule has 0 aliphatic heterocycles. The van der Waals surface area contributed by atoms with Crippen molar-refractivity contribution in [3.8, 4) is 11.3 Å². The van der Waals surface area contributed by atoms with Crippen LogP contribution in [0.1, 0.15) is 38.0 Å². The van der Waals surface area contributed by atoms with Crippen molar-refractivity contribution in [1.82, 2.24) is 9.88 Å². The van der Waals surface area contributed by atoms with Gasteiger partial charge in [0.2, 0.25) is 5.91 Å². The molecule has 0 radical (unpaired) electrons. The van der Waals surface area contributed by atoms with E-state index >= 15 is 0 Å². The minimum Gasteiger partial charge on any atom is -0.441 e. The highest BCUT2D eigenvalue weighted by Gasteiger charge is 2.33. The molecular weight excluding hydrogens is 323 g/mol. The fourth-order valence-corrected chi connectivity index (χ4v) is 3.34. The zero-order chi connectivity index (χ0) is 17.9. The first-order chi connectivity index (χ1) is 12.0. The molecule has 0 unspecified atom stereocenters. The molecule has 1 aromatic heterocycles. The number of carbonyl (C=O) groups is 1. The van der Waals surface area contributed by atoms with Gasteiger partial charge in [-0.3, -0.25) is 4.79 Å². The number of carbonyl (C=O) groups excluding carboxylic acids is 1. The number of aliphatic hydroxyl groups is 1. The molecule has 1 aromatic carbocycles. The van der Waals surface area contributed by atoms with Gasteiger partial charge in [-0.1, -0.05) is 25.0 Å². The fraction of sp³-hybridized carbons (Fsp3) is 0.474. The van der Waals surface area contributed by atoms with E-state index < -0.39 is 5.60 Å². The Hall–Kier alpha value is -2.21. The lowest BCUT2D eigenvalue weighted by Crippen LogP contribution is -2.42. The number of amides is 1. The number of hydrogen-bond acceptors (Lipinski definition) is 4. The number of nitrogens with zero attached hydrogens (tertiary/aromatic N) is 2. The second-order valence-electron chi connectivity index (χ2n) is 6.78. The third kappa shape index (κ3) is 4.25. The summed E-state index contributed by atoms with van der Waals surface area (Å²) in [6.45, 7) is 0.359. The van der Waals surface area contributed by atoms with Crippen LogP contribution in [0, 0.1) is 5.82 Å². The van der Waals surface area contributed by atoms with Crippen molar-refractivity contribution in [2.45, 2.75) is 44.1 Å². The first kappa shape index (κ1) is 17.6. The molecule has 0 bridgehead atoms. The van der Waals surface area contributed by atoms with Crippen molar-refractivity contribution in [3.05, 3.63) is 42.2 Å². The van der Waals surface area contributed by atoms with Crippen LogP contribution in [0.3, 0.4) is 0 Å². The molecule has 1 saturated carbocycles. The Bertz CT molecular complexity index is 738. The number of rotatable bonds is 6. The lowest BCUT2D eigenvalue weighted by atomic mass is 10.0. The minimum atomic E-state index is -0.745. The van der Waals surface area contributed by atoms with Crippen LogP contribution in [0.2, 0.25) is 0 Å². The molecular formula is C19H23FN2O3. The molecule has 2 aromatic rings. The molecule has 1 N–H and O–H groups in total. The summed E-state index contributed by atoms with van der Waals surface area (Å²) >= 11 is 0. The summed E-state index contributed by atoms with van der Waals surface area (Å²) < 4.78 is 19.3. The summed E-state index contributed by atoms with van der Waals surface area (Å²) in [6, 6.07) is 6.33. The van der Waals surface area contributed by atoms with Gasteiger partial charge in [0.25, 0.3) is 0 Å². The van der Waals surface area contributed by atoms with Gasteiger partial charge in [0.15, 0.2) is 11.7 Å². The average molecular weight is 346 g/mol. The highest BCUT2D eigenvalue weighted by atomic mass is 19.1. The van der Waals surface area contributed by atoms with Crippen LogP contribution in [0.15, 0.2) is 34.9 Å². The highest BCUT2D eigenvalue weighted by Crippen LogP contribution is 2.30. The van der Waals surface area contributed by atoms with Crippen molar-refractivity contribution in [1.29, 1.82) is 0 Å². The maximum Gasteiger partial charge on any atom is 0.222 e. The Kier molecular flexibility index (Phi) is 5.18. The molecule has 3 rings (SSSR count). The summed E-state index contributed by atoms with van der Waals surface area (Å²) in [5.41, 5.74) is -0.390. The summed E-state index contributed by atoms with van der Waals surface area (Å²) in [7, 11) is 1.71. The monoisotopic (exact) mass is 346 g/mol. The van der Waals surface area contributed by atoms with Crippen LogP contribution in [-0.4, -0.2) is 40.1 Å². The van der Waals surface area contributed by atoms with E-state index in [1.165, 1.54) is 12.3 Å². The number of likely N-dealkylation sites (N-methyl/N-ethyl adjacent to an activating group) is 1. The number of aromatic nitrogens is 1. The first-order valence-electron chi connectivity index (χ1n) is 8.63. The first-order valence-corrected chi connectivity index (χ1v) is 8.63. The van der Waals surface area contributed by atoms with Crippen molar-refractivity contribution in [2.75, 3.05) is 13.6 Å². The molecule has 1 heterocycles. The van der Waals surface area contributed by atoms with Gasteiger partial charge in [0.1, 0.15) is 5.82 Å². The second-order valence-corrected chi connectivity index (χ2v) is 6.78. The largest absolute Gasteiger partial charge is 0.441 e. The Labute approximate surface area is 146 Å². The molecule has 0 atom stereocenters. The van der Waals surface area contributed by atoms with E-state index in [0.717, 1.165) is 25.7 Å². The van der Waals surface area contributed by atoms with Crippen molar-refractivity contribution >= 4 is 5.91 Å². The lowest BCUT2D eigenvalue weighted by Gasteiger charge is -2.28. The number of aryl methyl sites for hydroxylation is 1. The quantitative estimate of drug-likeness (QED) is 0.872. The van der Waals surface area contributed by atoms with Crippen molar-refractivity contribution in [3.63, 3.8) is 0 Å². The summed E-state index contributed by atoms with van der Waals surface area (Å²) in [4.78, 5) is 18.0. The number of halogens is 1. The van der Waals surface area contributed by atoms with Crippen molar-refractivity contribution < 1.29 is 18.7 Å². The molecule has 1 aliphatic rings. The standard InChI is InChI=1S/C19H23FN2O3/c1-22(13-19(24)10-4-5-11-19)18(23)9-8-17-21-12-16(25-17)14-6-2-3-7-15(14)20/h2-3,6-7,12,24H,4-5,8-11,13H2,1H3.